The Labute approximate surface area is 205 Å². The van der Waals surface area contributed by atoms with Crippen molar-refractivity contribution in [3.63, 3.8) is 0 Å². The fraction of sp³-hybridized carbons (Fsp3) is 0.250. The minimum atomic E-state index is -1.18. The third-order valence-corrected chi connectivity index (χ3v) is 6.48. The molecule has 0 spiro atoms. The fourth-order valence-corrected chi connectivity index (χ4v) is 4.63. The fourth-order valence-electron chi connectivity index (χ4n) is 3.89. The van der Waals surface area contributed by atoms with Crippen LogP contribution >= 0.6 is 11.5 Å². The molecule has 1 fully saturated rings. The van der Waals surface area contributed by atoms with Crippen LogP contribution in [0.25, 0.3) is 0 Å². The van der Waals surface area contributed by atoms with E-state index in [4.69, 9.17) is 16.2 Å². The maximum Gasteiger partial charge on any atom is 0.273 e. The van der Waals surface area contributed by atoms with Crippen molar-refractivity contribution in [2.75, 3.05) is 23.8 Å². The summed E-state index contributed by atoms with van der Waals surface area (Å²) in [4.78, 5) is 40.3. The Morgan fingerprint density at radius 2 is 1.89 bits per heavy atom. The highest BCUT2D eigenvalue weighted by Gasteiger charge is 2.36. The van der Waals surface area contributed by atoms with E-state index in [-0.39, 0.29) is 28.9 Å². The molecule has 9 nitrogen and oxygen atoms in total. The SMILES string of the molecule is NC(=O)c1nsc(C(=O)N(c2ccccc2)[C@H](C(=O)NC[C@@H]2CCCO2)c2ccc(F)cc2)c1N. The van der Waals surface area contributed by atoms with Gasteiger partial charge in [0.2, 0.25) is 5.91 Å². The van der Waals surface area contributed by atoms with Gasteiger partial charge >= 0.3 is 0 Å². The topological polar surface area (TPSA) is 141 Å². The first kappa shape index (κ1) is 24.3. The normalized spacial score (nSPS) is 16.0. The number of halogens is 1. The molecule has 182 valence electrons. The smallest absolute Gasteiger partial charge is 0.273 e. The molecule has 5 N–H and O–H groups in total. The van der Waals surface area contributed by atoms with E-state index in [1.807, 2.05) is 0 Å². The first-order valence-corrected chi connectivity index (χ1v) is 11.7. The van der Waals surface area contributed by atoms with Gasteiger partial charge in [-0.2, -0.15) is 4.37 Å². The summed E-state index contributed by atoms with van der Waals surface area (Å²) in [5.74, 6) is -2.49. The van der Waals surface area contributed by atoms with Gasteiger partial charge in [0.1, 0.15) is 16.7 Å². The molecular weight excluding hydrogens is 473 g/mol. The molecule has 1 aliphatic rings. The summed E-state index contributed by atoms with van der Waals surface area (Å²) in [5, 5.41) is 2.86. The third kappa shape index (κ3) is 5.31. The number of carbonyl (C=O) groups excluding carboxylic acids is 3. The van der Waals surface area contributed by atoms with Crippen LogP contribution in [0.15, 0.2) is 54.6 Å². The van der Waals surface area contributed by atoms with Crippen molar-refractivity contribution >= 4 is 40.6 Å². The molecule has 2 aromatic carbocycles. The Bertz CT molecular complexity index is 1210. The molecular formula is C24H24FN5O4S. The minimum Gasteiger partial charge on any atom is -0.395 e. The molecule has 2 heterocycles. The molecule has 3 aromatic rings. The number of nitrogens with zero attached hydrogens (tertiary/aromatic N) is 2. The van der Waals surface area contributed by atoms with Crippen molar-refractivity contribution in [3.05, 3.63) is 76.5 Å². The van der Waals surface area contributed by atoms with Crippen molar-refractivity contribution in [1.82, 2.24) is 9.69 Å². The van der Waals surface area contributed by atoms with Crippen LogP contribution in [0.3, 0.4) is 0 Å². The van der Waals surface area contributed by atoms with Crippen molar-refractivity contribution in [2.24, 2.45) is 5.73 Å². The van der Waals surface area contributed by atoms with Gasteiger partial charge in [-0.25, -0.2) is 4.39 Å². The summed E-state index contributed by atoms with van der Waals surface area (Å²) in [5.41, 5.74) is 11.7. The average Bonchev–Trinajstić information content (AvgIpc) is 3.51. The number of rotatable bonds is 8. The molecule has 4 rings (SSSR count). The lowest BCUT2D eigenvalue weighted by atomic mass is 10.0. The first-order valence-electron chi connectivity index (χ1n) is 10.9. The summed E-state index contributed by atoms with van der Waals surface area (Å²) in [6, 6.07) is 12.7. The van der Waals surface area contributed by atoms with Crippen LogP contribution in [-0.2, 0) is 9.53 Å². The first-order chi connectivity index (χ1) is 16.9. The largest absolute Gasteiger partial charge is 0.395 e. The van der Waals surface area contributed by atoms with Gasteiger partial charge in [-0.1, -0.05) is 30.3 Å². The number of aromatic nitrogens is 1. The van der Waals surface area contributed by atoms with Gasteiger partial charge in [0, 0.05) is 18.8 Å². The van der Waals surface area contributed by atoms with E-state index >= 15 is 0 Å². The summed E-state index contributed by atoms with van der Waals surface area (Å²) >= 11 is 0.717. The molecule has 11 heteroatoms. The number of nitrogens with two attached hydrogens (primary N) is 2. The van der Waals surface area contributed by atoms with Crippen molar-refractivity contribution in [2.45, 2.75) is 25.0 Å². The zero-order valence-electron chi connectivity index (χ0n) is 18.6. The number of nitrogens with one attached hydrogen (secondary N) is 1. The van der Waals surface area contributed by atoms with E-state index in [2.05, 4.69) is 9.69 Å². The predicted molar refractivity (Wildman–Crippen MR) is 129 cm³/mol. The van der Waals surface area contributed by atoms with Crippen LogP contribution in [-0.4, -0.2) is 41.4 Å². The van der Waals surface area contributed by atoms with Gasteiger partial charge in [0.15, 0.2) is 5.69 Å². The lowest BCUT2D eigenvalue weighted by Gasteiger charge is -2.31. The lowest BCUT2D eigenvalue weighted by Crippen LogP contribution is -2.45. The minimum absolute atomic E-state index is 0.0401. The quantitative estimate of drug-likeness (QED) is 0.437. The Balaban J connectivity index is 1.78. The molecule has 35 heavy (non-hydrogen) atoms. The lowest BCUT2D eigenvalue weighted by molar-refractivity contribution is -0.123. The highest BCUT2D eigenvalue weighted by atomic mass is 32.1. The van der Waals surface area contributed by atoms with Gasteiger partial charge in [0.25, 0.3) is 11.8 Å². The number of ether oxygens (including phenoxy) is 1. The van der Waals surface area contributed by atoms with Gasteiger partial charge in [-0.05, 0) is 54.2 Å². The molecule has 1 saturated heterocycles. The van der Waals surface area contributed by atoms with Crippen molar-refractivity contribution in [3.8, 4) is 0 Å². The standard InChI is InChI=1S/C24H24FN5O4S/c25-15-10-8-14(9-11-15)20(23(32)28-13-17-7-4-12-34-17)30(16-5-2-1-3-6-16)24(33)21-18(26)19(22(27)31)29-35-21/h1-3,5-6,8-11,17,20H,4,7,12-13,26H2,(H2,27,31)(H,28,32)/t17-,20-/m0/s1. The number of hydrogen-bond donors (Lipinski definition) is 3. The molecule has 0 unspecified atom stereocenters. The monoisotopic (exact) mass is 497 g/mol. The van der Waals surface area contributed by atoms with Crippen molar-refractivity contribution < 1.29 is 23.5 Å². The van der Waals surface area contributed by atoms with Crippen LogP contribution in [0.1, 0.15) is 44.6 Å². The Morgan fingerprint density at radius 3 is 2.49 bits per heavy atom. The summed E-state index contributed by atoms with van der Waals surface area (Å²) in [6.07, 6.45) is 1.60. The van der Waals surface area contributed by atoms with Crippen molar-refractivity contribution in [1.29, 1.82) is 0 Å². The molecule has 0 saturated carbocycles. The molecule has 3 amide bonds. The number of hydrogen-bond acceptors (Lipinski definition) is 7. The number of carbonyl (C=O) groups is 3. The van der Waals surface area contributed by atoms with E-state index in [0.717, 1.165) is 24.4 Å². The highest BCUT2D eigenvalue weighted by molar-refractivity contribution is 7.09. The number of primary amides is 1. The average molecular weight is 498 g/mol. The third-order valence-electron chi connectivity index (χ3n) is 5.63. The Morgan fingerprint density at radius 1 is 1.17 bits per heavy atom. The van der Waals surface area contributed by atoms with Gasteiger partial charge in [-0.15, -0.1) is 0 Å². The van der Waals surface area contributed by atoms with E-state index < -0.39 is 29.6 Å². The van der Waals surface area contributed by atoms with E-state index in [0.29, 0.717) is 17.9 Å². The number of amides is 3. The molecule has 1 aromatic heterocycles. The zero-order valence-corrected chi connectivity index (χ0v) is 19.5. The molecule has 0 aliphatic carbocycles. The number of para-hydroxylation sites is 1. The van der Waals surface area contributed by atoms with Crippen LogP contribution in [0.2, 0.25) is 0 Å². The predicted octanol–water partition coefficient (Wildman–Crippen LogP) is 2.65. The molecule has 0 radical (unpaired) electrons. The van der Waals surface area contributed by atoms with E-state index in [1.54, 1.807) is 30.3 Å². The maximum absolute atomic E-state index is 13.8. The van der Waals surface area contributed by atoms with Gasteiger partial charge in [0.05, 0.1) is 11.8 Å². The summed E-state index contributed by atoms with van der Waals surface area (Å²) < 4.78 is 23.2. The second kappa shape index (κ2) is 10.6. The second-order valence-electron chi connectivity index (χ2n) is 7.98. The van der Waals surface area contributed by atoms with Crippen LogP contribution in [0.5, 0.6) is 0 Å². The van der Waals surface area contributed by atoms with Gasteiger partial charge in [-0.3, -0.25) is 19.3 Å². The zero-order chi connectivity index (χ0) is 24.9. The highest BCUT2D eigenvalue weighted by Crippen LogP contribution is 2.33. The van der Waals surface area contributed by atoms with E-state index in [9.17, 15) is 18.8 Å². The van der Waals surface area contributed by atoms with Crippen LogP contribution in [0, 0.1) is 5.82 Å². The van der Waals surface area contributed by atoms with Crippen LogP contribution in [0.4, 0.5) is 15.8 Å². The van der Waals surface area contributed by atoms with Crippen LogP contribution < -0.4 is 21.7 Å². The van der Waals surface area contributed by atoms with Gasteiger partial charge < -0.3 is 21.5 Å². The molecule has 0 bridgehead atoms. The Hall–Kier alpha value is -3.83. The molecule has 2 atom stereocenters. The maximum atomic E-state index is 13.8. The number of nitrogen functional groups attached to an aromatic ring is 1. The second-order valence-corrected chi connectivity index (χ2v) is 8.76. The summed E-state index contributed by atoms with van der Waals surface area (Å²) in [6.45, 7) is 0.894. The summed E-state index contributed by atoms with van der Waals surface area (Å²) in [7, 11) is 0. The number of benzene rings is 2. The number of anilines is 2. The Kier molecular flexibility index (Phi) is 7.37. The molecule has 1 aliphatic heterocycles. The van der Waals surface area contributed by atoms with E-state index in [1.165, 1.54) is 29.2 Å².